The van der Waals surface area contributed by atoms with Crippen LogP contribution in [0.15, 0.2) is 47.5 Å². The van der Waals surface area contributed by atoms with Crippen molar-refractivity contribution in [2.24, 2.45) is 0 Å². The van der Waals surface area contributed by atoms with Gasteiger partial charge in [-0.05, 0) is 12.0 Å². The van der Waals surface area contributed by atoms with Crippen molar-refractivity contribution in [3.63, 3.8) is 0 Å². The minimum atomic E-state index is -0.303. The first-order valence-corrected chi connectivity index (χ1v) is 7.09. The lowest BCUT2D eigenvalue weighted by molar-refractivity contribution is 0.789. The van der Waals surface area contributed by atoms with E-state index in [1.165, 1.54) is 16.3 Å². The predicted molar refractivity (Wildman–Crippen MR) is 81.9 cm³/mol. The third kappa shape index (κ3) is 3.05. The summed E-state index contributed by atoms with van der Waals surface area (Å²) in [5, 5.41) is 9.55. The van der Waals surface area contributed by atoms with Gasteiger partial charge in [0.1, 0.15) is 12.1 Å². The third-order valence-corrected chi connectivity index (χ3v) is 3.55. The molecule has 1 atom stereocenters. The number of hydrogen-bond donors (Lipinski definition) is 2. The molecule has 0 saturated carbocycles. The van der Waals surface area contributed by atoms with Crippen LogP contribution in [0.1, 0.15) is 5.56 Å². The second kappa shape index (κ2) is 5.97. The van der Waals surface area contributed by atoms with Crippen molar-refractivity contribution < 1.29 is 0 Å². The quantitative estimate of drug-likeness (QED) is 0.703. The number of aromatic nitrogens is 4. The molecule has 0 fully saturated rings. The monoisotopic (exact) mass is 303 g/mol. The normalized spacial score (nSPS) is 12.4. The van der Waals surface area contributed by atoms with E-state index in [0.29, 0.717) is 17.3 Å². The minimum absolute atomic E-state index is 0.0506. The summed E-state index contributed by atoms with van der Waals surface area (Å²) >= 11 is 6.02. The Balaban J connectivity index is 1.77. The molecule has 0 amide bonds. The Bertz CT molecular complexity index is 783. The smallest absolute Gasteiger partial charge is 0.348 e. The van der Waals surface area contributed by atoms with Crippen molar-refractivity contribution in [2.45, 2.75) is 12.5 Å². The van der Waals surface area contributed by atoms with E-state index in [-0.39, 0.29) is 11.7 Å². The maximum Gasteiger partial charge on any atom is 0.348 e. The molecule has 108 valence electrons. The van der Waals surface area contributed by atoms with Crippen molar-refractivity contribution in [3.05, 3.63) is 58.8 Å². The van der Waals surface area contributed by atoms with Gasteiger partial charge in [-0.2, -0.15) is 5.10 Å². The molecule has 2 aromatic heterocycles. The van der Waals surface area contributed by atoms with E-state index >= 15 is 0 Å². The maximum absolute atomic E-state index is 11.4. The van der Waals surface area contributed by atoms with Crippen molar-refractivity contribution in [2.75, 3.05) is 11.2 Å². The molecule has 21 heavy (non-hydrogen) atoms. The first kappa shape index (κ1) is 13.6. The number of anilines is 1. The molecule has 0 aliphatic rings. The molecule has 0 radical (unpaired) electrons. The zero-order valence-electron chi connectivity index (χ0n) is 11.2. The topological polar surface area (TPSA) is 75.1 Å². The van der Waals surface area contributed by atoms with Gasteiger partial charge in [-0.1, -0.05) is 30.3 Å². The number of nitrogens with one attached hydrogen (secondary N) is 2. The van der Waals surface area contributed by atoms with Crippen LogP contribution in [0.5, 0.6) is 0 Å². The zero-order chi connectivity index (χ0) is 14.7. The lowest BCUT2D eigenvalue weighted by atomic mass is 10.1. The molecule has 1 aromatic carbocycles. The maximum atomic E-state index is 11.4. The van der Waals surface area contributed by atoms with Crippen LogP contribution < -0.4 is 11.0 Å². The van der Waals surface area contributed by atoms with E-state index in [2.05, 4.69) is 32.6 Å². The number of H-pyrrole nitrogens is 1. The summed E-state index contributed by atoms with van der Waals surface area (Å²) in [7, 11) is 0. The Labute approximate surface area is 125 Å². The fourth-order valence-corrected chi connectivity index (χ4v) is 2.33. The first-order chi connectivity index (χ1) is 10.3. The van der Waals surface area contributed by atoms with Gasteiger partial charge in [-0.15, -0.1) is 11.6 Å². The highest BCUT2D eigenvalue weighted by atomic mass is 35.5. The second-order valence-corrected chi connectivity index (χ2v) is 5.03. The Morgan fingerprint density at radius 2 is 2.14 bits per heavy atom. The summed E-state index contributed by atoms with van der Waals surface area (Å²) in [6.45, 7) is 0. The van der Waals surface area contributed by atoms with Crippen LogP contribution in [0.4, 0.5) is 5.82 Å². The zero-order valence-corrected chi connectivity index (χ0v) is 11.9. The van der Waals surface area contributed by atoms with Crippen molar-refractivity contribution >= 4 is 23.1 Å². The predicted octanol–water partition coefficient (Wildman–Crippen LogP) is 1.68. The fourth-order valence-electron chi connectivity index (χ4n) is 2.14. The molecule has 0 aliphatic heterocycles. The Morgan fingerprint density at radius 3 is 2.90 bits per heavy atom. The summed E-state index contributed by atoms with van der Waals surface area (Å²) in [5.74, 6) is 1.10. The van der Waals surface area contributed by atoms with Crippen LogP contribution in [0.3, 0.4) is 0 Å². The van der Waals surface area contributed by atoms with Gasteiger partial charge in [0.2, 0.25) is 0 Å². The number of nitrogens with zero attached hydrogens (tertiary/aromatic N) is 3. The van der Waals surface area contributed by atoms with Crippen LogP contribution >= 0.6 is 11.6 Å². The van der Waals surface area contributed by atoms with Crippen LogP contribution in [0.25, 0.3) is 5.65 Å². The van der Waals surface area contributed by atoms with Crippen LogP contribution in [0, 0.1) is 0 Å². The standard InChI is InChI=1S/C14H14ClN5O/c15-8-11(6-10-4-2-1-3-5-10)17-12-7-13-18-19-14(21)20(13)9-16-12/h1-5,7,9,11,17H,6,8H2,(H,19,21). The SMILES string of the molecule is O=c1[nH]nc2cc(NC(CCl)Cc3ccccc3)ncn12. The van der Waals surface area contributed by atoms with Gasteiger partial charge >= 0.3 is 5.69 Å². The van der Waals surface area contributed by atoms with Gasteiger partial charge in [0.15, 0.2) is 5.65 Å². The lowest BCUT2D eigenvalue weighted by Gasteiger charge is -2.16. The highest BCUT2D eigenvalue weighted by molar-refractivity contribution is 6.18. The van der Waals surface area contributed by atoms with E-state index in [4.69, 9.17) is 11.6 Å². The lowest BCUT2D eigenvalue weighted by Crippen LogP contribution is -2.25. The van der Waals surface area contributed by atoms with Gasteiger partial charge in [0.25, 0.3) is 0 Å². The first-order valence-electron chi connectivity index (χ1n) is 6.55. The van der Waals surface area contributed by atoms with Gasteiger partial charge in [-0.25, -0.2) is 19.3 Å². The number of alkyl halides is 1. The summed E-state index contributed by atoms with van der Waals surface area (Å²) in [4.78, 5) is 15.6. The molecule has 6 nitrogen and oxygen atoms in total. The van der Waals surface area contributed by atoms with Crippen molar-refractivity contribution in [1.82, 2.24) is 19.6 Å². The average molecular weight is 304 g/mol. The molecule has 3 rings (SSSR count). The molecule has 0 aliphatic carbocycles. The molecule has 2 N–H and O–H groups in total. The van der Waals surface area contributed by atoms with Gasteiger partial charge < -0.3 is 5.32 Å². The molecule has 3 aromatic rings. The highest BCUT2D eigenvalue weighted by Crippen LogP contribution is 2.11. The number of rotatable bonds is 5. The number of halogens is 1. The largest absolute Gasteiger partial charge is 0.366 e. The van der Waals surface area contributed by atoms with Crippen LogP contribution in [-0.2, 0) is 6.42 Å². The van der Waals surface area contributed by atoms with Crippen molar-refractivity contribution in [3.8, 4) is 0 Å². The fraction of sp³-hybridized carbons (Fsp3) is 0.214. The number of aromatic amines is 1. The highest BCUT2D eigenvalue weighted by Gasteiger charge is 2.10. The summed E-state index contributed by atoms with van der Waals surface area (Å²) in [6.07, 6.45) is 2.24. The Kier molecular flexibility index (Phi) is 3.87. The second-order valence-electron chi connectivity index (χ2n) is 4.72. The Hall–Kier alpha value is -2.34. The molecular formula is C14H14ClN5O. The number of hydrogen-bond acceptors (Lipinski definition) is 4. The number of fused-ring (bicyclic) bond motifs is 1. The third-order valence-electron chi connectivity index (χ3n) is 3.17. The van der Waals surface area contributed by atoms with E-state index in [9.17, 15) is 4.79 Å². The molecular weight excluding hydrogens is 290 g/mol. The van der Waals surface area contributed by atoms with Crippen LogP contribution in [0.2, 0.25) is 0 Å². The summed E-state index contributed by atoms with van der Waals surface area (Å²) in [5.41, 5.74) is 1.42. The van der Waals surface area contributed by atoms with Gasteiger partial charge in [0.05, 0.1) is 0 Å². The van der Waals surface area contributed by atoms with Gasteiger partial charge in [-0.3, -0.25) is 0 Å². The molecule has 0 spiro atoms. The summed E-state index contributed by atoms with van der Waals surface area (Å²) < 4.78 is 1.35. The molecule has 1 unspecified atom stereocenters. The van der Waals surface area contributed by atoms with Crippen LogP contribution in [-0.4, -0.2) is 31.5 Å². The molecule has 7 heteroatoms. The van der Waals surface area contributed by atoms with E-state index < -0.39 is 0 Å². The van der Waals surface area contributed by atoms with Gasteiger partial charge in [0, 0.05) is 18.0 Å². The van der Waals surface area contributed by atoms with Crippen molar-refractivity contribution in [1.29, 1.82) is 0 Å². The molecule has 0 bridgehead atoms. The van der Waals surface area contributed by atoms with E-state index in [1.807, 2.05) is 18.2 Å². The van der Waals surface area contributed by atoms with E-state index in [0.717, 1.165) is 6.42 Å². The minimum Gasteiger partial charge on any atom is -0.366 e. The van der Waals surface area contributed by atoms with E-state index in [1.54, 1.807) is 6.07 Å². The summed E-state index contributed by atoms with van der Waals surface area (Å²) in [6, 6.07) is 11.9. The molecule has 2 heterocycles. The Morgan fingerprint density at radius 1 is 1.33 bits per heavy atom. The molecule has 0 saturated heterocycles. The number of benzene rings is 1. The average Bonchev–Trinajstić information content (AvgIpc) is 2.88.